The molecule has 0 radical (unpaired) electrons. The number of nitrogens with zero attached hydrogens (tertiary/aromatic N) is 4. The number of hydrogen-bond acceptors (Lipinski definition) is 5. The molecule has 1 fully saturated rings. The number of nitrogens with one attached hydrogen (secondary N) is 1. The number of para-hydroxylation sites is 3. The Morgan fingerprint density at radius 2 is 1.68 bits per heavy atom. The second-order valence-electron chi connectivity index (χ2n) is 7.81. The molecule has 2 aromatic carbocycles. The molecule has 0 spiro atoms. The average molecular weight is 426 g/mol. The van der Waals surface area contributed by atoms with Crippen LogP contribution in [0.3, 0.4) is 0 Å². The van der Waals surface area contributed by atoms with Gasteiger partial charge in [0.25, 0.3) is 0 Å². The lowest BCUT2D eigenvalue weighted by molar-refractivity contribution is 0.259. The van der Waals surface area contributed by atoms with Gasteiger partial charge in [-0.15, -0.1) is 0 Å². The lowest BCUT2D eigenvalue weighted by Crippen LogP contribution is -2.52. The zero-order chi connectivity index (χ0) is 22.1. The average Bonchev–Trinajstić information content (AvgIpc) is 2.80. The van der Waals surface area contributed by atoms with E-state index in [0.29, 0.717) is 13.2 Å². The highest BCUT2D eigenvalue weighted by molar-refractivity contribution is 5.80. The van der Waals surface area contributed by atoms with Crippen LogP contribution in [-0.4, -0.2) is 83.3 Å². The number of guanidine groups is 1. The van der Waals surface area contributed by atoms with Crippen molar-refractivity contribution < 1.29 is 9.47 Å². The molecule has 7 nitrogen and oxygen atoms in total. The van der Waals surface area contributed by atoms with Gasteiger partial charge >= 0.3 is 0 Å². The Balaban J connectivity index is 1.55. The Hall–Kier alpha value is -2.93. The molecule has 0 aromatic heterocycles. The molecule has 0 aliphatic carbocycles. The first kappa shape index (κ1) is 22.7. The number of anilines is 1. The summed E-state index contributed by atoms with van der Waals surface area (Å²) in [5.74, 6) is 2.76. The quantitative estimate of drug-likeness (QED) is 0.518. The molecule has 1 aliphatic heterocycles. The van der Waals surface area contributed by atoms with E-state index < -0.39 is 0 Å². The third-order valence-corrected chi connectivity index (χ3v) is 5.42. The molecule has 0 amide bonds. The van der Waals surface area contributed by atoms with Gasteiger partial charge in [-0.1, -0.05) is 30.3 Å². The third-order valence-electron chi connectivity index (χ3n) is 5.42. The zero-order valence-electron chi connectivity index (χ0n) is 19.2. The van der Waals surface area contributed by atoms with Crippen LogP contribution in [0.15, 0.2) is 53.5 Å². The molecule has 1 aliphatic rings. The fourth-order valence-electron chi connectivity index (χ4n) is 3.69. The van der Waals surface area contributed by atoms with Gasteiger partial charge < -0.3 is 29.5 Å². The lowest BCUT2D eigenvalue weighted by atomic mass is 10.2. The maximum atomic E-state index is 5.99. The number of ether oxygens (including phenoxy) is 2. The van der Waals surface area contributed by atoms with Gasteiger partial charge in [0.2, 0.25) is 0 Å². The van der Waals surface area contributed by atoms with Crippen molar-refractivity contribution in [3.63, 3.8) is 0 Å². The highest BCUT2D eigenvalue weighted by Crippen LogP contribution is 2.28. The molecule has 0 saturated carbocycles. The Kier molecular flexibility index (Phi) is 8.41. The molecular formula is C24H35N5O2. The van der Waals surface area contributed by atoms with Crippen LogP contribution < -0.4 is 19.7 Å². The maximum Gasteiger partial charge on any atom is 0.194 e. The number of aliphatic imine (C=N–C) groups is 1. The predicted octanol–water partition coefficient (Wildman–Crippen LogP) is 2.53. The molecule has 1 heterocycles. The lowest BCUT2D eigenvalue weighted by Gasteiger charge is -2.38. The van der Waals surface area contributed by atoms with E-state index >= 15 is 0 Å². The van der Waals surface area contributed by atoms with E-state index in [4.69, 9.17) is 9.47 Å². The molecule has 1 saturated heterocycles. The number of piperazine rings is 1. The summed E-state index contributed by atoms with van der Waals surface area (Å²) in [5.41, 5.74) is 2.28. The molecule has 31 heavy (non-hydrogen) atoms. The highest BCUT2D eigenvalue weighted by atomic mass is 16.5. The van der Waals surface area contributed by atoms with Crippen LogP contribution in [0.4, 0.5) is 5.69 Å². The molecule has 2 aromatic rings. The van der Waals surface area contributed by atoms with Gasteiger partial charge in [0, 0.05) is 51.9 Å². The van der Waals surface area contributed by atoms with Crippen molar-refractivity contribution in [1.29, 1.82) is 0 Å². The molecule has 3 rings (SSSR count). The van der Waals surface area contributed by atoms with E-state index in [2.05, 4.69) is 57.3 Å². The van der Waals surface area contributed by atoms with Gasteiger partial charge in [0.05, 0.1) is 12.8 Å². The van der Waals surface area contributed by atoms with Crippen LogP contribution in [-0.2, 0) is 6.54 Å². The molecule has 0 unspecified atom stereocenters. The van der Waals surface area contributed by atoms with Crippen molar-refractivity contribution in [2.75, 3.05) is 72.5 Å². The Bertz CT molecular complexity index is 847. The first-order valence-corrected chi connectivity index (χ1v) is 10.8. The van der Waals surface area contributed by atoms with E-state index in [1.807, 2.05) is 37.4 Å². The van der Waals surface area contributed by atoms with Gasteiger partial charge in [-0.2, -0.15) is 0 Å². The Morgan fingerprint density at radius 3 is 2.35 bits per heavy atom. The summed E-state index contributed by atoms with van der Waals surface area (Å²) >= 11 is 0. The van der Waals surface area contributed by atoms with Crippen molar-refractivity contribution >= 4 is 11.6 Å². The second kappa shape index (κ2) is 11.5. The summed E-state index contributed by atoms with van der Waals surface area (Å²) in [6.45, 7) is 5.88. The number of hydrogen-bond donors (Lipinski definition) is 1. The molecule has 0 atom stereocenters. The fourth-order valence-corrected chi connectivity index (χ4v) is 3.69. The number of benzene rings is 2. The van der Waals surface area contributed by atoms with Crippen LogP contribution >= 0.6 is 0 Å². The molecule has 0 bridgehead atoms. The summed E-state index contributed by atoms with van der Waals surface area (Å²) in [7, 11) is 7.67. The standard InChI is InChI=1S/C24H35N5O2/c1-25-24(26-19-20-9-5-7-11-22(20)31-18-17-27(2)3)29-15-13-28(14-16-29)21-10-6-8-12-23(21)30-4/h5-12H,13-19H2,1-4H3,(H,25,26). The van der Waals surface area contributed by atoms with E-state index in [9.17, 15) is 0 Å². The van der Waals surface area contributed by atoms with Crippen LogP contribution in [0, 0.1) is 0 Å². The largest absolute Gasteiger partial charge is 0.495 e. The number of rotatable bonds is 8. The predicted molar refractivity (Wildman–Crippen MR) is 127 cm³/mol. The molecule has 7 heteroatoms. The van der Waals surface area contributed by atoms with E-state index in [1.54, 1.807) is 7.11 Å². The smallest absolute Gasteiger partial charge is 0.194 e. The SMILES string of the molecule is CN=C(NCc1ccccc1OCCN(C)C)N1CCN(c2ccccc2OC)CC1. The van der Waals surface area contributed by atoms with Crippen molar-refractivity contribution in [1.82, 2.24) is 15.1 Å². The second-order valence-corrected chi connectivity index (χ2v) is 7.81. The van der Waals surface area contributed by atoms with Crippen molar-refractivity contribution in [3.05, 3.63) is 54.1 Å². The first-order valence-electron chi connectivity index (χ1n) is 10.8. The first-order chi connectivity index (χ1) is 15.1. The van der Waals surface area contributed by atoms with Crippen LogP contribution in [0.1, 0.15) is 5.56 Å². The summed E-state index contributed by atoms with van der Waals surface area (Å²) in [4.78, 5) is 11.3. The Labute approximate surface area is 186 Å². The molecular weight excluding hydrogens is 390 g/mol. The minimum atomic E-state index is 0.670. The van der Waals surface area contributed by atoms with Crippen LogP contribution in [0.25, 0.3) is 0 Å². The minimum absolute atomic E-state index is 0.670. The van der Waals surface area contributed by atoms with E-state index in [-0.39, 0.29) is 0 Å². The highest BCUT2D eigenvalue weighted by Gasteiger charge is 2.21. The van der Waals surface area contributed by atoms with Gasteiger partial charge in [0.1, 0.15) is 18.1 Å². The van der Waals surface area contributed by atoms with Gasteiger partial charge in [-0.05, 0) is 32.3 Å². The van der Waals surface area contributed by atoms with Gasteiger partial charge in [0.15, 0.2) is 5.96 Å². The summed E-state index contributed by atoms with van der Waals surface area (Å²) in [5, 5.41) is 3.51. The fraction of sp³-hybridized carbons (Fsp3) is 0.458. The Morgan fingerprint density at radius 1 is 1.00 bits per heavy atom. The number of methoxy groups -OCH3 is 1. The molecule has 1 N–H and O–H groups in total. The van der Waals surface area contributed by atoms with Crippen molar-refractivity contribution in [2.24, 2.45) is 4.99 Å². The molecule has 168 valence electrons. The summed E-state index contributed by atoms with van der Waals surface area (Å²) < 4.78 is 11.5. The third kappa shape index (κ3) is 6.28. The van der Waals surface area contributed by atoms with Crippen LogP contribution in [0.5, 0.6) is 11.5 Å². The monoisotopic (exact) mass is 425 g/mol. The summed E-state index contributed by atoms with van der Waals surface area (Å²) in [6, 6.07) is 16.4. The summed E-state index contributed by atoms with van der Waals surface area (Å²) in [6.07, 6.45) is 0. The zero-order valence-corrected chi connectivity index (χ0v) is 19.2. The topological polar surface area (TPSA) is 52.6 Å². The maximum absolute atomic E-state index is 5.99. The minimum Gasteiger partial charge on any atom is -0.495 e. The van der Waals surface area contributed by atoms with Gasteiger partial charge in [-0.3, -0.25) is 4.99 Å². The van der Waals surface area contributed by atoms with E-state index in [0.717, 1.165) is 61.4 Å². The van der Waals surface area contributed by atoms with Crippen molar-refractivity contribution in [3.8, 4) is 11.5 Å². The number of likely N-dealkylation sites (N-methyl/N-ethyl adjacent to an activating group) is 1. The van der Waals surface area contributed by atoms with Crippen molar-refractivity contribution in [2.45, 2.75) is 6.54 Å². The normalized spacial score (nSPS) is 14.7. The van der Waals surface area contributed by atoms with E-state index in [1.165, 1.54) is 0 Å². The van der Waals surface area contributed by atoms with Crippen LogP contribution in [0.2, 0.25) is 0 Å². The van der Waals surface area contributed by atoms with Gasteiger partial charge in [-0.25, -0.2) is 0 Å².